The molecule has 0 aliphatic heterocycles. The highest BCUT2D eigenvalue weighted by Gasteiger charge is 2.16. The predicted molar refractivity (Wildman–Crippen MR) is 67.1 cm³/mol. The molecule has 1 N–H and O–H groups in total. The highest BCUT2D eigenvalue weighted by Crippen LogP contribution is 2.25. The summed E-state index contributed by atoms with van der Waals surface area (Å²) in [5.74, 6) is 1.62. The summed E-state index contributed by atoms with van der Waals surface area (Å²) in [5.41, 5.74) is 2.52. The van der Waals surface area contributed by atoms with Crippen LogP contribution in [0.1, 0.15) is 37.4 Å². The van der Waals surface area contributed by atoms with Crippen molar-refractivity contribution in [3.63, 3.8) is 0 Å². The van der Waals surface area contributed by atoms with Crippen molar-refractivity contribution in [1.82, 2.24) is 9.97 Å². The number of anilines is 1. The standard InChI is InChI=1S/C12H18ClN3/c1-2-9(7-13)16-12-10-5-3-4-6-11(10)14-8-15-12/h8-9H,2-7H2,1H3,(H,14,15,16). The molecule has 1 aliphatic carbocycles. The summed E-state index contributed by atoms with van der Waals surface area (Å²) in [4.78, 5) is 8.70. The number of nitrogens with one attached hydrogen (secondary N) is 1. The predicted octanol–water partition coefficient (Wildman–Crippen LogP) is 2.78. The van der Waals surface area contributed by atoms with Gasteiger partial charge in [-0.3, -0.25) is 0 Å². The van der Waals surface area contributed by atoms with E-state index in [1.54, 1.807) is 6.33 Å². The monoisotopic (exact) mass is 239 g/mol. The molecule has 1 aliphatic rings. The van der Waals surface area contributed by atoms with Gasteiger partial charge >= 0.3 is 0 Å². The van der Waals surface area contributed by atoms with Crippen molar-refractivity contribution < 1.29 is 0 Å². The zero-order valence-electron chi connectivity index (χ0n) is 9.67. The maximum Gasteiger partial charge on any atom is 0.133 e. The Labute approximate surface area is 102 Å². The number of rotatable bonds is 4. The van der Waals surface area contributed by atoms with Crippen molar-refractivity contribution in [2.45, 2.75) is 45.1 Å². The Hall–Kier alpha value is -0.830. The molecular formula is C12H18ClN3. The Morgan fingerprint density at radius 1 is 1.38 bits per heavy atom. The molecule has 0 spiro atoms. The molecule has 1 unspecified atom stereocenters. The number of aryl methyl sites for hydroxylation is 1. The van der Waals surface area contributed by atoms with Crippen LogP contribution in [-0.2, 0) is 12.8 Å². The number of alkyl halides is 1. The smallest absolute Gasteiger partial charge is 0.133 e. The Bertz CT molecular complexity index is 350. The molecule has 0 amide bonds. The number of hydrogen-bond donors (Lipinski definition) is 1. The van der Waals surface area contributed by atoms with Gasteiger partial charge < -0.3 is 5.32 Å². The molecule has 0 fully saturated rings. The van der Waals surface area contributed by atoms with E-state index in [0.29, 0.717) is 11.9 Å². The zero-order chi connectivity index (χ0) is 11.4. The third kappa shape index (κ3) is 2.46. The maximum absolute atomic E-state index is 5.89. The van der Waals surface area contributed by atoms with Gasteiger partial charge in [-0.2, -0.15) is 0 Å². The first-order valence-corrected chi connectivity index (χ1v) is 6.53. The van der Waals surface area contributed by atoms with E-state index in [2.05, 4.69) is 22.2 Å². The Morgan fingerprint density at radius 3 is 2.94 bits per heavy atom. The Morgan fingerprint density at radius 2 is 2.19 bits per heavy atom. The maximum atomic E-state index is 5.89. The van der Waals surface area contributed by atoms with E-state index in [4.69, 9.17) is 11.6 Å². The topological polar surface area (TPSA) is 37.8 Å². The lowest BCUT2D eigenvalue weighted by Gasteiger charge is -2.21. The van der Waals surface area contributed by atoms with Crippen LogP contribution in [0.4, 0.5) is 5.82 Å². The Kier molecular flexibility index (Phi) is 3.99. The molecule has 1 aromatic heterocycles. The van der Waals surface area contributed by atoms with Crippen LogP contribution in [0.2, 0.25) is 0 Å². The van der Waals surface area contributed by atoms with Gasteiger partial charge in [-0.1, -0.05) is 6.92 Å². The Balaban J connectivity index is 2.20. The van der Waals surface area contributed by atoms with Gasteiger partial charge in [0.05, 0.1) is 0 Å². The summed E-state index contributed by atoms with van der Waals surface area (Å²) in [6.45, 7) is 2.13. The third-order valence-electron chi connectivity index (χ3n) is 3.14. The minimum atomic E-state index is 0.308. The fraction of sp³-hybridized carbons (Fsp3) is 0.667. The quantitative estimate of drug-likeness (QED) is 0.822. The minimum absolute atomic E-state index is 0.308. The SMILES string of the molecule is CCC(CCl)Nc1ncnc2c1CCCC2. The summed E-state index contributed by atoms with van der Waals surface area (Å²) < 4.78 is 0. The van der Waals surface area contributed by atoms with Crippen LogP contribution in [-0.4, -0.2) is 21.9 Å². The highest BCUT2D eigenvalue weighted by molar-refractivity contribution is 6.18. The lowest BCUT2D eigenvalue weighted by atomic mass is 9.96. The average Bonchev–Trinajstić information content (AvgIpc) is 2.36. The molecule has 88 valence electrons. The second-order valence-corrected chi connectivity index (χ2v) is 4.57. The largest absolute Gasteiger partial charge is 0.366 e. The zero-order valence-corrected chi connectivity index (χ0v) is 10.4. The van der Waals surface area contributed by atoms with Crippen LogP contribution < -0.4 is 5.32 Å². The van der Waals surface area contributed by atoms with E-state index in [1.165, 1.54) is 24.1 Å². The van der Waals surface area contributed by atoms with Crippen LogP contribution in [0.25, 0.3) is 0 Å². The molecule has 2 rings (SSSR count). The van der Waals surface area contributed by atoms with Gasteiger partial charge in [0.25, 0.3) is 0 Å². The number of halogens is 1. The van der Waals surface area contributed by atoms with E-state index in [1.807, 2.05) is 0 Å². The summed E-state index contributed by atoms with van der Waals surface area (Å²) in [5, 5.41) is 3.42. The van der Waals surface area contributed by atoms with Crippen molar-refractivity contribution in [1.29, 1.82) is 0 Å². The van der Waals surface area contributed by atoms with Gasteiger partial charge in [0.15, 0.2) is 0 Å². The van der Waals surface area contributed by atoms with Crippen molar-refractivity contribution in [2.24, 2.45) is 0 Å². The summed E-state index contributed by atoms with van der Waals surface area (Å²) >= 11 is 5.89. The molecule has 0 saturated heterocycles. The fourth-order valence-electron chi connectivity index (χ4n) is 2.09. The van der Waals surface area contributed by atoms with Crippen LogP contribution >= 0.6 is 11.6 Å². The van der Waals surface area contributed by atoms with Gasteiger partial charge in [0.2, 0.25) is 0 Å². The van der Waals surface area contributed by atoms with Gasteiger partial charge in [-0.25, -0.2) is 9.97 Å². The van der Waals surface area contributed by atoms with Gasteiger partial charge in [-0.05, 0) is 32.1 Å². The van der Waals surface area contributed by atoms with Gasteiger partial charge in [0.1, 0.15) is 12.1 Å². The number of aromatic nitrogens is 2. The second kappa shape index (κ2) is 5.48. The van der Waals surface area contributed by atoms with Crippen LogP contribution in [0.3, 0.4) is 0 Å². The third-order valence-corrected chi connectivity index (χ3v) is 3.52. The lowest BCUT2D eigenvalue weighted by molar-refractivity contribution is 0.659. The number of nitrogens with zero attached hydrogens (tertiary/aromatic N) is 2. The molecule has 0 bridgehead atoms. The number of hydrogen-bond acceptors (Lipinski definition) is 3. The van der Waals surface area contributed by atoms with Crippen LogP contribution in [0.15, 0.2) is 6.33 Å². The first-order chi connectivity index (χ1) is 7.85. The first kappa shape index (κ1) is 11.6. The van der Waals surface area contributed by atoms with Crippen molar-refractivity contribution in [2.75, 3.05) is 11.2 Å². The fourth-order valence-corrected chi connectivity index (χ4v) is 2.38. The van der Waals surface area contributed by atoms with E-state index < -0.39 is 0 Å². The summed E-state index contributed by atoms with van der Waals surface area (Å²) in [6.07, 6.45) is 7.35. The molecule has 0 radical (unpaired) electrons. The molecule has 1 atom stereocenters. The molecule has 4 heteroatoms. The lowest BCUT2D eigenvalue weighted by Crippen LogP contribution is -2.23. The molecule has 0 aromatic carbocycles. The minimum Gasteiger partial charge on any atom is -0.366 e. The molecule has 1 aromatic rings. The van der Waals surface area contributed by atoms with E-state index in [0.717, 1.165) is 25.1 Å². The van der Waals surface area contributed by atoms with Crippen molar-refractivity contribution >= 4 is 17.4 Å². The molecule has 3 nitrogen and oxygen atoms in total. The molecular weight excluding hydrogens is 222 g/mol. The van der Waals surface area contributed by atoms with Crippen LogP contribution in [0.5, 0.6) is 0 Å². The summed E-state index contributed by atoms with van der Waals surface area (Å²) in [6, 6.07) is 0.308. The van der Waals surface area contributed by atoms with E-state index in [9.17, 15) is 0 Å². The number of fused-ring (bicyclic) bond motifs is 1. The second-order valence-electron chi connectivity index (χ2n) is 4.26. The summed E-state index contributed by atoms with van der Waals surface area (Å²) in [7, 11) is 0. The van der Waals surface area contributed by atoms with E-state index >= 15 is 0 Å². The van der Waals surface area contributed by atoms with Crippen LogP contribution in [0, 0.1) is 0 Å². The van der Waals surface area contributed by atoms with Gasteiger partial charge in [-0.15, -0.1) is 11.6 Å². The first-order valence-electron chi connectivity index (χ1n) is 6.00. The molecule has 1 heterocycles. The average molecular weight is 240 g/mol. The van der Waals surface area contributed by atoms with Crippen molar-refractivity contribution in [3.8, 4) is 0 Å². The normalized spacial score (nSPS) is 16.6. The molecule has 0 saturated carbocycles. The highest BCUT2D eigenvalue weighted by atomic mass is 35.5. The van der Waals surface area contributed by atoms with Crippen molar-refractivity contribution in [3.05, 3.63) is 17.6 Å². The van der Waals surface area contributed by atoms with E-state index in [-0.39, 0.29) is 0 Å². The molecule has 16 heavy (non-hydrogen) atoms. The van der Waals surface area contributed by atoms with Gasteiger partial charge in [0, 0.05) is 23.2 Å².